The van der Waals surface area contributed by atoms with Crippen molar-refractivity contribution in [2.75, 3.05) is 6.61 Å². The molecule has 0 amide bonds. The molecule has 3 heteroatoms. The van der Waals surface area contributed by atoms with Crippen molar-refractivity contribution < 1.29 is 10.2 Å². The van der Waals surface area contributed by atoms with Crippen LogP contribution in [-0.2, 0) is 5.54 Å². The van der Waals surface area contributed by atoms with Gasteiger partial charge >= 0.3 is 0 Å². The van der Waals surface area contributed by atoms with Crippen LogP contribution in [-0.4, -0.2) is 27.5 Å². The van der Waals surface area contributed by atoms with Crippen molar-refractivity contribution in [3.63, 3.8) is 0 Å². The van der Waals surface area contributed by atoms with Crippen LogP contribution in [0.25, 0.3) is 10.9 Å². The van der Waals surface area contributed by atoms with Gasteiger partial charge in [-0.1, -0.05) is 48.5 Å². The SMILES string of the molecule is C[C@](c1ccccc1)([C@H](O)CO)n1ccc2ccccc21. The van der Waals surface area contributed by atoms with Crippen molar-refractivity contribution in [1.29, 1.82) is 0 Å². The van der Waals surface area contributed by atoms with E-state index in [0.29, 0.717) is 0 Å². The summed E-state index contributed by atoms with van der Waals surface area (Å²) in [6.45, 7) is 1.66. The second-order valence-electron chi connectivity index (χ2n) is 5.46. The highest BCUT2D eigenvalue weighted by Gasteiger charge is 2.36. The second kappa shape index (κ2) is 5.35. The standard InChI is InChI=1S/C18H19NO2/c1-18(17(21)13-20,15-8-3-2-4-9-15)19-12-11-14-7-5-6-10-16(14)19/h2-12,17,20-21H,13H2,1H3/t17-,18+/m1/s1. The number of hydrogen-bond acceptors (Lipinski definition) is 2. The molecule has 0 saturated heterocycles. The van der Waals surface area contributed by atoms with Gasteiger partial charge in [0.15, 0.2) is 0 Å². The number of benzene rings is 2. The number of rotatable bonds is 4. The molecule has 3 aromatic rings. The lowest BCUT2D eigenvalue weighted by Crippen LogP contribution is -2.45. The van der Waals surface area contributed by atoms with Crippen LogP contribution in [0, 0.1) is 0 Å². The average Bonchev–Trinajstić information content (AvgIpc) is 2.98. The molecule has 2 aromatic carbocycles. The number of fused-ring (bicyclic) bond motifs is 1. The van der Waals surface area contributed by atoms with Crippen LogP contribution in [0.2, 0.25) is 0 Å². The van der Waals surface area contributed by atoms with Crippen molar-refractivity contribution in [3.05, 3.63) is 72.4 Å². The molecule has 2 atom stereocenters. The van der Waals surface area contributed by atoms with E-state index in [9.17, 15) is 10.2 Å². The molecule has 0 unspecified atom stereocenters. The summed E-state index contributed by atoms with van der Waals surface area (Å²) < 4.78 is 2.04. The summed E-state index contributed by atoms with van der Waals surface area (Å²) in [6, 6.07) is 19.9. The van der Waals surface area contributed by atoms with E-state index in [4.69, 9.17) is 0 Å². The minimum atomic E-state index is -0.893. The highest BCUT2D eigenvalue weighted by molar-refractivity contribution is 5.80. The lowest BCUT2D eigenvalue weighted by Gasteiger charge is -2.36. The zero-order valence-electron chi connectivity index (χ0n) is 12.0. The number of aliphatic hydroxyl groups excluding tert-OH is 2. The highest BCUT2D eigenvalue weighted by atomic mass is 16.3. The van der Waals surface area contributed by atoms with Crippen LogP contribution in [0.3, 0.4) is 0 Å². The molecule has 3 rings (SSSR count). The van der Waals surface area contributed by atoms with Crippen LogP contribution in [0.15, 0.2) is 66.9 Å². The van der Waals surface area contributed by atoms with Crippen molar-refractivity contribution in [1.82, 2.24) is 4.57 Å². The molecule has 0 radical (unpaired) electrons. The minimum absolute atomic E-state index is 0.294. The zero-order chi connectivity index (χ0) is 14.9. The van der Waals surface area contributed by atoms with Gasteiger partial charge in [-0.15, -0.1) is 0 Å². The fourth-order valence-electron chi connectivity index (χ4n) is 2.93. The van der Waals surface area contributed by atoms with Gasteiger partial charge in [0.25, 0.3) is 0 Å². The first kappa shape index (κ1) is 13.9. The van der Waals surface area contributed by atoms with Gasteiger partial charge in [0.2, 0.25) is 0 Å². The molecule has 0 spiro atoms. The van der Waals surface area contributed by atoms with Crippen LogP contribution in [0.5, 0.6) is 0 Å². The van der Waals surface area contributed by atoms with Crippen LogP contribution in [0.1, 0.15) is 12.5 Å². The van der Waals surface area contributed by atoms with Crippen molar-refractivity contribution >= 4 is 10.9 Å². The third-order valence-electron chi connectivity index (χ3n) is 4.28. The van der Waals surface area contributed by atoms with Gasteiger partial charge in [0.1, 0.15) is 6.10 Å². The second-order valence-corrected chi connectivity index (χ2v) is 5.46. The molecule has 1 aromatic heterocycles. The number of aliphatic hydroxyl groups is 2. The van der Waals surface area contributed by atoms with Gasteiger partial charge in [0, 0.05) is 11.7 Å². The fourth-order valence-corrected chi connectivity index (χ4v) is 2.93. The Morgan fingerprint density at radius 2 is 1.67 bits per heavy atom. The molecule has 0 fully saturated rings. The molecule has 1 heterocycles. The summed E-state index contributed by atoms with van der Waals surface area (Å²) in [5.41, 5.74) is 1.28. The van der Waals surface area contributed by atoms with Gasteiger partial charge in [-0.3, -0.25) is 0 Å². The van der Waals surface area contributed by atoms with Gasteiger partial charge < -0.3 is 14.8 Å². The quantitative estimate of drug-likeness (QED) is 0.772. The summed E-state index contributed by atoms with van der Waals surface area (Å²) >= 11 is 0. The summed E-state index contributed by atoms with van der Waals surface area (Å²) in [7, 11) is 0. The average molecular weight is 281 g/mol. The molecule has 0 aliphatic carbocycles. The van der Waals surface area contributed by atoms with E-state index >= 15 is 0 Å². The molecule has 3 nitrogen and oxygen atoms in total. The van der Waals surface area contributed by atoms with E-state index < -0.39 is 11.6 Å². The molecule has 0 saturated carbocycles. The predicted octanol–water partition coefficient (Wildman–Crippen LogP) is 2.76. The molecule has 0 aliphatic heterocycles. The topological polar surface area (TPSA) is 45.4 Å². The Kier molecular flexibility index (Phi) is 3.53. The number of aromatic nitrogens is 1. The van der Waals surface area contributed by atoms with E-state index in [1.54, 1.807) is 0 Å². The summed E-state index contributed by atoms with van der Waals surface area (Å²) in [5.74, 6) is 0. The first-order valence-corrected chi connectivity index (χ1v) is 7.09. The van der Waals surface area contributed by atoms with Crippen LogP contribution >= 0.6 is 0 Å². The lowest BCUT2D eigenvalue weighted by atomic mass is 9.86. The summed E-state index contributed by atoms with van der Waals surface area (Å²) in [5, 5.41) is 21.1. The Bertz CT molecular complexity index is 735. The molecule has 21 heavy (non-hydrogen) atoms. The first-order valence-electron chi connectivity index (χ1n) is 7.09. The van der Waals surface area contributed by atoms with Crippen LogP contribution < -0.4 is 0 Å². The third kappa shape index (κ3) is 2.15. The Balaban J connectivity index is 2.25. The highest BCUT2D eigenvalue weighted by Crippen LogP contribution is 2.33. The van der Waals surface area contributed by atoms with Crippen molar-refractivity contribution in [2.45, 2.75) is 18.6 Å². The van der Waals surface area contributed by atoms with Crippen LogP contribution in [0.4, 0.5) is 0 Å². The van der Waals surface area contributed by atoms with Gasteiger partial charge in [0.05, 0.1) is 12.1 Å². The fraction of sp³-hybridized carbons (Fsp3) is 0.222. The minimum Gasteiger partial charge on any atom is -0.394 e. The largest absolute Gasteiger partial charge is 0.394 e. The molecular formula is C18H19NO2. The van der Waals surface area contributed by atoms with E-state index in [0.717, 1.165) is 16.5 Å². The van der Waals surface area contributed by atoms with Crippen molar-refractivity contribution in [2.24, 2.45) is 0 Å². The van der Waals surface area contributed by atoms with Gasteiger partial charge in [-0.2, -0.15) is 0 Å². The maximum absolute atomic E-state index is 10.5. The van der Waals surface area contributed by atoms with E-state index in [1.807, 2.05) is 78.4 Å². The monoisotopic (exact) mass is 281 g/mol. The maximum Gasteiger partial charge on any atom is 0.104 e. The smallest absolute Gasteiger partial charge is 0.104 e. The third-order valence-corrected chi connectivity index (χ3v) is 4.28. The Morgan fingerprint density at radius 1 is 1.00 bits per heavy atom. The van der Waals surface area contributed by atoms with E-state index in [-0.39, 0.29) is 6.61 Å². The number of nitrogens with zero attached hydrogens (tertiary/aromatic N) is 1. The lowest BCUT2D eigenvalue weighted by molar-refractivity contribution is 0.0227. The molecule has 0 bridgehead atoms. The maximum atomic E-state index is 10.5. The van der Waals surface area contributed by atoms with E-state index in [2.05, 4.69) is 0 Å². The molecule has 2 N–H and O–H groups in total. The van der Waals surface area contributed by atoms with Crippen molar-refractivity contribution in [3.8, 4) is 0 Å². The number of hydrogen-bond donors (Lipinski definition) is 2. The molecular weight excluding hydrogens is 262 g/mol. The predicted molar refractivity (Wildman–Crippen MR) is 84.2 cm³/mol. The normalized spacial score (nSPS) is 15.8. The first-order chi connectivity index (χ1) is 10.2. The van der Waals surface area contributed by atoms with Gasteiger partial charge in [-0.05, 0) is 30.0 Å². The number of para-hydroxylation sites is 1. The van der Waals surface area contributed by atoms with Gasteiger partial charge in [-0.25, -0.2) is 0 Å². The Morgan fingerprint density at radius 3 is 2.38 bits per heavy atom. The molecule has 0 aliphatic rings. The van der Waals surface area contributed by atoms with E-state index in [1.165, 1.54) is 0 Å². The Labute approximate surface area is 124 Å². The zero-order valence-corrected chi connectivity index (χ0v) is 12.0. The summed E-state index contributed by atoms with van der Waals surface area (Å²) in [4.78, 5) is 0. The summed E-state index contributed by atoms with van der Waals surface area (Å²) in [6.07, 6.45) is 1.08. The Hall–Kier alpha value is -2.10. The molecule has 108 valence electrons.